The zero-order valence-corrected chi connectivity index (χ0v) is 43.5. The fourth-order valence-corrected chi connectivity index (χ4v) is 7.93. The number of carbonyl (C=O) groups excluding carboxylic acids is 9. The zero-order chi connectivity index (χ0) is 53.8. The molecule has 9 unspecified atom stereocenters. The van der Waals surface area contributed by atoms with Gasteiger partial charge in [-0.05, 0) is 94.7 Å². The SMILES string of the molecule is CC(C)CCCCCC(O)CC(=O)NC(CO)C(=O)NC1CCNC(=O)C(CC(C)C)NC(=O)C(CCN)NC(=O)C(CCN)NC(=O)C(CC(C)C)NC(=O)C(CC(C)C)NC(=O)C(CCN)NC1=O. The van der Waals surface area contributed by atoms with Gasteiger partial charge in [-0.15, -0.1) is 0 Å². The second kappa shape index (κ2) is 34.4. The summed E-state index contributed by atoms with van der Waals surface area (Å²) < 4.78 is 0. The molecule has 0 saturated carbocycles. The molecule has 0 bridgehead atoms. The van der Waals surface area contributed by atoms with E-state index >= 15 is 0 Å². The van der Waals surface area contributed by atoms with Crippen LogP contribution in [0, 0.1) is 23.7 Å². The molecule has 23 nitrogen and oxygen atoms in total. The van der Waals surface area contributed by atoms with E-state index in [0.717, 1.165) is 19.3 Å². The number of rotatable bonds is 24. The highest BCUT2D eigenvalue weighted by molar-refractivity contribution is 5.98. The Bertz CT molecular complexity index is 1700. The van der Waals surface area contributed by atoms with Crippen molar-refractivity contribution in [3.63, 3.8) is 0 Å². The van der Waals surface area contributed by atoms with Crippen molar-refractivity contribution in [1.29, 1.82) is 0 Å². The van der Waals surface area contributed by atoms with Crippen LogP contribution in [0.5, 0.6) is 0 Å². The Kier molecular flexibility index (Phi) is 31.0. The molecule has 9 amide bonds. The van der Waals surface area contributed by atoms with Crippen LogP contribution in [0.2, 0.25) is 0 Å². The van der Waals surface area contributed by atoms with E-state index in [-0.39, 0.29) is 95.3 Å². The maximum Gasteiger partial charge on any atom is 0.245 e. The quantitative estimate of drug-likeness (QED) is 0.0462. The molecule has 0 aromatic rings. The molecule has 23 heteroatoms. The topological polar surface area (TPSA) is 380 Å². The van der Waals surface area contributed by atoms with Crippen molar-refractivity contribution in [1.82, 2.24) is 47.9 Å². The summed E-state index contributed by atoms with van der Waals surface area (Å²) in [7, 11) is 0. The minimum absolute atomic E-state index is 0.0416. The number of nitrogens with one attached hydrogen (secondary N) is 9. The molecule has 1 aliphatic heterocycles. The largest absolute Gasteiger partial charge is 0.394 e. The Balaban J connectivity index is 3.74. The highest BCUT2D eigenvalue weighted by atomic mass is 16.3. The fraction of sp³-hybridized carbons (Fsp3) is 0.812. The first kappa shape index (κ1) is 64.0. The minimum Gasteiger partial charge on any atom is -0.394 e. The molecule has 408 valence electrons. The van der Waals surface area contributed by atoms with E-state index < -0.39 is 114 Å². The van der Waals surface area contributed by atoms with Crippen molar-refractivity contribution in [3.8, 4) is 0 Å². The molecule has 71 heavy (non-hydrogen) atoms. The number of unbranched alkanes of at least 4 members (excludes halogenated alkanes) is 2. The summed E-state index contributed by atoms with van der Waals surface area (Å²) in [6.45, 7) is 13.8. The van der Waals surface area contributed by atoms with Crippen molar-refractivity contribution in [2.45, 2.75) is 193 Å². The Labute approximate surface area is 420 Å². The highest BCUT2D eigenvalue weighted by Crippen LogP contribution is 2.14. The highest BCUT2D eigenvalue weighted by Gasteiger charge is 2.35. The van der Waals surface area contributed by atoms with E-state index in [0.29, 0.717) is 18.8 Å². The number of amides is 9. The number of hydrogen-bond donors (Lipinski definition) is 14. The molecule has 1 saturated heterocycles. The first-order valence-electron chi connectivity index (χ1n) is 25.5. The predicted molar refractivity (Wildman–Crippen MR) is 268 cm³/mol. The van der Waals surface area contributed by atoms with Gasteiger partial charge in [0.25, 0.3) is 0 Å². The number of aliphatic hydroxyl groups is 2. The normalized spacial score (nSPS) is 23.7. The van der Waals surface area contributed by atoms with Crippen LogP contribution in [0.4, 0.5) is 0 Å². The molecule has 0 aromatic carbocycles. The molecule has 9 atom stereocenters. The summed E-state index contributed by atoms with van der Waals surface area (Å²) in [5.74, 6) is -6.99. The van der Waals surface area contributed by atoms with Crippen LogP contribution in [0.3, 0.4) is 0 Å². The molecule has 0 aromatic heterocycles. The second-order valence-electron chi connectivity index (χ2n) is 20.3. The van der Waals surface area contributed by atoms with Gasteiger partial charge in [0, 0.05) is 6.54 Å². The lowest BCUT2D eigenvalue weighted by Crippen LogP contribution is -2.61. The molecule has 1 rings (SSSR count). The number of hydrogen-bond acceptors (Lipinski definition) is 14. The maximum absolute atomic E-state index is 14.2. The average molecular weight is 1010 g/mol. The van der Waals surface area contributed by atoms with E-state index in [2.05, 4.69) is 61.7 Å². The van der Waals surface area contributed by atoms with Gasteiger partial charge in [-0.25, -0.2) is 0 Å². The van der Waals surface area contributed by atoms with Crippen molar-refractivity contribution in [2.75, 3.05) is 32.8 Å². The van der Waals surface area contributed by atoms with Crippen molar-refractivity contribution < 1.29 is 53.4 Å². The molecule has 17 N–H and O–H groups in total. The molecule has 1 fully saturated rings. The summed E-state index contributed by atoms with van der Waals surface area (Å²) in [5.41, 5.74) is 17.6. The van der Waals surface area contributed by atoms with Gasteiger partial charge in [0.05, 0.1) is 19.1 Å². The van der Waals surface area contributed by atoms with E-state index in [1.165, 1.54) is 0 Å². The van der Waals surface area contributed by atoms with Crippen LogP contribution < -0.4 is 65.1 Å². The second-order valence-corrected chi connectivity index (χ2v) is 20.3. The molecule has 0 aliphatic carbocycles. The van der Waals surface area contributed by atoms with Crippen molar-refractivity contribution >= 4 is 53.2 Å². The first-order chi connectivity index (χ1) is 33.5. The fourth-order valence-electron chi connectivity index (χ4n) is 7.93. The van der Waals surface area contributed by atoms with Crippen LogP contribution in [-0.2, 0) is 43.2 Å². The standard InChI is InChI=1S/C48H90N12O11/c1-27(2)12-10-9-11-13-31(62)25-40(63)53-39(26-61)48(71)57-35-17-21-52-41(64)36(22-28(3)4)58-43(66)33(15-19-50)54-42(65)32(14-18-49)56-46(69)37(23-29(5)6)60-47(70)38(24-30(7)8)59-44(67)34(16-20-51)55-45(35)68/h27-39,61-62H,9-26,49-51H2,1-8H3,(H,52,64)(H,53,63)(H,54,65)(H,55,68)(H,56,69)(H,57,71)(H,58,66)(H,59,67)(H,60,70). The zero-order valence-electron chi connectivity index (χ0n) is 43.5. The molecular weight excluding hydrogens is 921 g/mol. The van der Waals surface area contributed by atoms with Gasteiger partial charge in [0.2, 0.25) is 53.2 Å². The minimum atomic E-state index is -1.57. The Hall–Kier alpha value is -4.97. The van der Waals surface area contributed by atoms with E-state index in [9.17, 15) is 53.4 Å². The van der Waals surface area contributed by atoms with Crippen LogP contribution in [0.15, 0.2) is 0 Å². The summed E-state index contributed by atoms with van der Waals surface area (Å²) in [6.07, 6.45) is 2.41. The molecule has 0 spiro atoms. The van der Waals surface area contributed by atoms with Gasteiger partial charge < -0.3 is 75.3 Å². The summed E-state index contributed by atoms with van der Waals surface area (Å²) in [5, 5.41) is 44.3. The van der Waals surface area contributed by atoms with Gasteiger partial charge in [-0.2, -0.15) is 0 Å². The van der Waals surface area contributed by atoms with Crippen LogP contribution in [-0.4, -0.2) is 151 Å². The van der Waals surface area contributed by atoms with E-state index in [1.54, 1.807) is 0 Å². The summed E-state index contributed by atoms with van der Waals surface area (Å²) in [4.78, 5) is 124. The predicted octanol–water partition coefficient (Wildman–Crippen LogP) is -2.08. The van der Waals surface area contributed by atoms with Gasteiger partial charge in [-0.3, -0.25) is 43.2 Å². The average Bonchev–Trinajstić information content (AvgIpc) is 3.27. The van der Waals surface area contributed by atoms with Crippen LogP contribution in [0.1, 0.15) is 139 Å². The van der Waals surface area contributed by atoms with Gasteiger partial charge in [0.15, 0.2) is 0 Å². The smallest absolute Gasteiger partial charge is 0.245 e. The number of aliphatic hydroxyl groups excluding tert-OH is 2. The third kappa shape index (κ3) is 25.8. The first-order valence-corrected chi connectivity index (χ1v) is 25.5. The Morgan fingerprint density at radius 1 is 0.549 bits per heavy atom. The van der Waals surface area contributed by atoms with Crippen molar-refractivity contribution in [2.24, 2.45) is 40.9 Å². The molecular formula is C48H90N12O11. The number of carbonyl (C=O) groups is 9. The summed E-state index contributed by atoms with van der Waals surface area (Å²) in [6, 6.07) is -10.6. The lowest BCUT2D eigenvalue weighted by atomic mass is 9.99. The third-order valence-corrected chi connectivity index (χ3v) is 11.7. The van der Waals surface area contributed by atoms with Crippen molar-refractivity contribution in [3.05, 3.63) is 0 Å². The van der Waals surface area contributed by atoms with Crippen LogP contribution >= 0.6 is 0 Å². The van der Waals surface area contributed by atoms with Gasteiger partial charge >= 0.3 is 0 Å². The Morgan fingerprint density at radius 2 is 0.930 bits per heavy atom. The summed E-state index contributed by atoms with van der Waals surface area (Å²) >= 11 is 0. The van der Waals surface area contributed by atoms with Gasteiger partial charge in [0.1, 0.15) is 48.3 Å². The van der Waals surface area contributed by atoms with Crippen LogP contribution in [0.25, 0.3) is 0 Å². The maximum atomic E-state index is 14.2. The molecule has 0 radical (unpaired) electrons. The monoisotopic (exact) mass is 1010 g/mol. The lowest BCUT2D eigenvalue weighted by molar-refractivity contribution is -0.136. The number of nitrogens with two attached hydrogens (primary N) is 3. The van der Waals surface area contributed by atoms with E-state index in [4.69, 9.17) is 17.2 Å². The van der Waals surface area contributed by atoms with Gasteiger partial charge in [-0.1, -0.05) is 81.1 Å². The molecule has 1 aliphatic rings. The Morgan fingerprint density at radius 3 is 1.32 bits per heavy atom. The van der Waals surface area contributed by atoms with E-state index in [1.807, 2.05) is 41.5 Å². The molecule has 1 heterocycles. The third-order valence-electron chi connectivity index (χ3n) is 11.7. The lowest BCUT2D eigenvalue weighted by Gasteiger charge is -2.29.